The number of urea groups is 1. The second kappa shape index (κ2) is 9.58. The molecular weight excluding hydrogens is 410 g/mol. The third-order valence-electron chi connectivity index (χ3n) is 4.82. The summed E-state index contributed by atoms with van der Waals surface area (Å²) in [7, 11) is 4.52. The highest BCUT2D eigenvalue weighted by atomic mass is 35.5. The summed E-state index contributed by atoms with van der Waals surface area (Å²) in [6, 6.07) is 10.0. The molecule has 160 valence electrons. The molecule has 8 nitrogen and oxygen atoms in total. The molecule has 1 unspecified atom stereocenters. The SMILES string of the molecule is COc1cc(NC(=O)NCC2CC(=O)N(c3ccc(Cl)cc3)C2)cc(OC)c1OC. The van der Waals surface area contributed by atoms with E-state index in [1.54, 1.807) is 29.2 Å². The van der Waals surface area contributed by atoms with Crippen molar-refractivity contribution in [1.82, 2.24) is 5.32 Å². The smallest absolute Gasteiger partial charge is 0.319 e. The van der Waals surface area contributed by atoms with Crippen LogP contribution < -0.4 is 29.7 Å². The van der Waals surface area contributed by atoms with E-state index in [-0.39, 0.29) is 17.9 Å². The number of benzene rings is 2. The summed E-state index contributed by atoms with van der Waals surface area (Å²) < 4.78 is 15.8. The molecule has 0 aromatic heterocycles. The van der Waals surface area contributed by atoms with Crippen LogP contribution in [0.3, 0.4) is 0 Å². The highest BCUT2D eigenvalue weighted by molar-refractivity contribution is 6.30. The Labute approximate surface area is 180 Å². The summed E-state index contributed by atoms with van der Waals surface area (Å²) in [6.45, 7) is 0.900. The largest absolute Gasteiger partial charge is 0.493 e. The first-order chi connectivity index (χ1) is 14.4. The van der Waals surface area contributed by atoms with Gasteiger partial charge in [-0.05, 0) is 24.3 Å². The molecule has 2 aromatic rings. The molecule has 0 radical (unpaired) electrons. The molecule has 1 aliphatic rings. The number of rotatable bonds is 7. The first-order valence-electron chi connectivity index (χ1n) is 9.36. The lowest BCUT2D eigenvalue weighted by molar-refractivity contribution is -0.117. The predicted octanol–water partition coefficient (Wildman–Crippen LogP) is 3.54. The van der Waals surface area contributed by atoms with Crippen molar-refractivity contribution in [3.05, 3.63) is 41.4 Å². The summed E-state index contributed by atoms with van der Waals surface area (Å²) in [6.07, 6.45) is 0.368. The Bertz CT molecular complexity index is 894. The van der Waals surface area contributed by atoms with E-state index in [9.17, 15) is 9.59 Å². The molecule has 30 heavy (non-hydrogen) atoms. The minimum absolute atomic E-state index is 0.0128. The van der Waals surface area contributed by atoms with E-state index >= 15 is 0 Å². The van der Waals surface area contributed by atoms with Gasteiger partial charge in [0.25, 0.3) is 0 Å². The maximum absolute atomic E-state index is 12.3. The highest BCUT2D eigenvalue weighted by Crippen LogP contribution is 2.39. The van der Waals surface area contributed by atoms with Crippen molar-refractivity contribution in [2.75, 3.05) is 44.6 Å². The number of amides is 3. The normalized spacial score (nSPS) is 15.7. The third kappa shape index (κ3) is 4.88. The monoisotopic (exact) mass is 433 g/mol. The lowest BCUT2D eigenvalue weighted by Gasteiger charge is -2.17. The van der Waals surface area contributed by atoms with Crippen LogP contribution in [0.5, 0.6) is 17.2 Å². The van der Waals surface area contributed by atoms with Crippen molar-refractivity contribution in [3.63, 3.8) is 0 Å². The van der Waals surface area contributed by atoms with Crippen LogP contribution in [0.1, 0.15) is 6.42 Å². The fraction of sp³-hybridized carbons (Fsp3) is 0.333. The van der Waals surface area contributed by atoms with E-state index in [1.807, 2.05) is 12.1 Å². The second-order valence-corrected chi connectivity index (χ2v) is 7.24. The number of nitrogens with zero attached hydrogens (tertiary/aromatic N) is 1. The standard InChI is InChI=1S/C21H24ClN3O5/c1-28-17-9-15(10-18(29-2)20(17)30-3)24-21(27)23-11-13-8-19(26)25(12-13)16-6-4-14(22)5-7-16/h4-7,9-10,13H,8,11-12H2,1-3H3,(H2,23,24,27). The molecule has 2 aromatic carbocycles. The van der Waals surface area contributed by atoms with Gasteiger partial charge in [0.1, 0.15) is 0 Å². The average molecular weight is 434 g/mol. The molecule has 1 aliphatic heterocycles. The Morgan fingerprint density at radius 2 is 1.73 bits per heavy atom. The lowest BCUT2D eigenvalue weighted by Crippen LogP contribution is -2.34. The Morgan fingerprint density at radius 3 is 2.30 bits per heavy atom. The van der Waals surface area contributed by atoms with E-state index in [1.165, 1.54) is 21.3 Å². The van der Waals surface area contributed by atoms with Crippen molar-refractivity contribution in [2.45, 2.75) is 6.42 Å². The summed E-state index contributed by atoms with van der Waals surface area (Å²) in [5.41, 5.74) is 1.29. The van der Waals surface area contributed by atoms with E-state index in [0.717, 1.165) is 5.69 Å². The summed E-state index contributed by atoms with van der Waals surface area (Å²) >= 11 is 5.91. The number of ether oxygens (including phenoxy) is 3. The topological polar surface area (TPSA) is 89.1 Å². The zero-order chi connectivity index (χ0) is 21.7. The molecule has 0 saturated carbocycles. The summed E-state index contributed by atoms with van der Waals surface area (Å²) in [5.74, 6) is 1.35. The lowest BCUT2D eigenvalue weighted by atomic mass is 10.1. The number of nitrogens with one attached hydrogen (secondary N) is 2. The Balaban J connectivity index is 1.57. The molecule has 0 spiro atoms. The molecule has 1 saturated heterocycles. The maximum Gasteiger partial charge on any atom is 0.319 e. The van der Waals surface area contributed by atoms with Crippen LogP contribution in [0.15, 0.2) is 36.4 Å². The summed E-state index contributed by atoms with van der Waals surface area (Å²) in [5, 5.41) is 6.18. The fourth-order valence-electron chi connectivity index (χ4n) is 3.35. The molecule has 1 heterocycles. The van der Waals surface area contributed by atoms with Gasteiger partial charge in [-0.3, -0.25) is 4.79 Å². The molecule has 3 rings (SSSR count). The van der Waals surface area contributed by atoms with E-state index < -0.39 is 0 Å². The van der Waals surface area contributed by atoms with Gasteiger partial charge >= 0.3 is 6.03 Å². The first-order valence-corrected chi connectivity index (χ1v) is 9.73. The van der Waals surface area contributed by atoms with Crippen molar-refractivity contribution >= 4 is 34.9 Å². The zero-order valence-electron chi connectivity index (χ0n) is 17.0. The Hall–Kier alpha value is -3.13. The third-order valence-corrected chi connectivity index (χ3v) is 5.07. The summed E-state index contributed by atoms with van der Waals surface area (Å²) in [4.78, 5) is 26.4. The van der Waals surface area contributed by atoms with Crippen LogP contribution in [-0.2, 0) is 4.79 Å². The Kier molecular flexibility index (Phi) is 6.89. The number of halogens is 1. The van der Waals surface area contributed by atoms with E-state index in [4.69, 9.17) is 25.8 Å². The quantitative estimate of drug-likeness (QED) is 0.697. The second-order valence-electron chi connectivity index (χ2n) is 6.80. The number of carbonyl (C=O) groups excluding carboxylic acids is 2. The Morgan fingerprint density at radius 1 is 1.10 bits per heavy atom. The molecule has 1 fully saturated rings. The van der Waals surface area contributed by atoms with Gasteiger partial charge in [0.15, 0.2) is 11.5 Å². The minimum Gasteiger partial charge on any atom is -0.493 e. The van der Waals surface area contributed by atoms with Gasteiger partial charge in [-0.2, -0.15) is 0 Å². The number of carbonyl (C=O) groups is 2. The molecule has 0 aliphatic carbocycles. The molecule has 3 amide bonds. The van der Waals surface area contributed by atoms with Crippen LogP contribution in [0.4, 0.5) is 16.2 Å². The minimum atomic E-state index is -0.387. The van der Waals surface area contributed by atoms with Crippen LogP contribution in [0.2, 0.25) is 5.02 Å². The molecule has 1 atom stereocenters. The van der Waals surface area contributed by atoms with Crippen molar-refractivity contribution in [2.24, 2.45) is 5.92 Å². The van der Waals surface area contributed by atoms with E-state index in [0.29, 0.717) is 47.5 Å². The van der Waals surface area contributed by atoms with Crippen molar-refractivity contribution in [3.8, 4) is 17.2 Å². The molecule has 9 heteroatoms. The molecule has 2 N–H and O–H groups in total. The van der Waals surface area contributed by atoms with Gasteiger partial charge in [0, 0.05) is 48.3 Å². The van der Waals surface area contributed by atoms with Crippen molar-refractivity contribution < 1.29 is 23.8 Å². The number of hydrogen-bond donors (Lipinski definition) is 2. The average Bonchev–Trinajstić information content (AvgIpc) is 3.12. The van der Waals surface area contributed by atoms with Gasteiger partial charge in [0.05, 0.1) is 27.0 Å². The number of hydrogen-bond acceptors (Lipinski definition) is 5. The van der Waals surface area contributed by atoms with Crippen LogP contribution in [0, 0.1) is 5.92 Å². The number of anilines is 2. The first kappa shape index (κ1) is 21.6. The van der Waals surface area contributed by atoms with Crippen LogP contribution in [-0.4, -0.2) is 46.4 Å². The van der Waals surface area contributed by atoms with Gasteiger partial charge in [-0.25, -0.2) is 4.79 Å². The van der Waals surface area contributed by atoms with Gasteiger partial charge in [-0.1, -0.05) is 11.6 Å². The van der Waals surface area contributed by atoms with Crippen molar-refractivity contribution in [1.29, 1.82) is 0 Å². The van der Waals surface area contributed by atoms with Gasteiger partial charge in [-0.15, -0.1) is 0 Å². The highest BCUT2D eigenvalue weighted by Gasteiger charge is 2.30. The van der Waals surface area contributed by atoms with Crippen LogP contribution in [0.25, 0.3) is 0 Å². The maximum atomic E-state index is 12.3. The fourth-order valence-corrected chi connectivity index (χ4v) is 3.48. The van der Waals surface area contributed by atoms with E-state index in [2.05, 4.69) is 10.6 Å². The predicted molar refractivity (Wildman–Crippen MR) is 115 cm³/mol. The van der Waals surface area contributed by atoms with Gasteiger partial charge in [0.2, 0.25) is 11.7 Å². The number of methoxy groups -OCH3 is 3. The molecular formula is C21H24ClN3O5. The van der Waals surface area contributed by atoms with Crippen LogP contribution >= 0.6 is 11.6 Å². The molecule has 0 bridgehead atoms. The zero-order valence-corrected chi connectivity index (χ0v) is 17.8. The van der Waals surface area contributed by atoms with Gasteiger partial charge < -0.3 is 29.7 Å².